The van der Waals surface area contributed by atoms with E-state index in [1.165, 1.54) is 0 Å². The Labute approximate surface area is 112 Å². The maximum Gasteiger partial charge on any atom is 0.223 e. The Morgan fingerprint density at radius 1 is 1.63 bits per heavy atom. The van der Waals surface area contributed by atoms with E-state index in [4.69, 9.17) is 10.5 Å². The van der Waals surface area contributed by atoms with Crippen molar-refractivity contribution in [2.45, 2.75) is 6.42 Å². The first-order chi connectivity index (χ1) is 9.19. The minimum atomic E-state index is 0.186. The van der Waals surface area contributed by atoms with Crippen molar-refractivity contribution in [3.8, 4) is 0 Å². The molecule has 0 aliphatic carbocycles. The number of ether oxygens (including phenoxy) is 1. The summed E-state index contributed by atoms with van der Waals surface area (Å²) in [5, 5.41) is 3.18. The largest absolute Gasteiger partial charge is 0.383 e. The van der Waals surface area contributed by atoms with Gasteiger partial charge in [-0.25, -0.2) is 4.98 Å². The number of hydrogen-bond donors (Lipinski definition) is 2. The van der Waals surface area contributed by atoms with Crippen LogP contribution in [0.1, 0.15) is 6.42 Å². The molecule has 1 aliphatic heterocycles. The normalized spacial score (nSPS) is 18.9. The van der Waals surface area contributed by atoms with Gasteiger partial charge in [0.15, 0.2) is 0 Å². The average molecular weight is 265 g/mol. The predicted octanol–water partition coefficient (Wildman–Crippen LogP) is -0.0344. The molecule has 1 saturated heterocycles. The van der Waals surface area contributed by atoms with E-state index in [0.29, 0.717) is 37.9 Å². The second kappa shape index (κ2) is 6.33. The molecular formula is C12H19N5O2. The van der Waals surface area contributed by atoms with Crippen LogP contribution in [-0.2, 0) is 9.53 Å². The molecule has 0 saturated carbocycles. The van der Waals surface area contributed by atoms with Crippen LogP contribution in [0.5, 0.6) is 0 Å². The minimum Gasteiger partial charge on any atom is -0.383 e. The lowest BCUT2D eigenvalue weighted by Gasteiger charge is -2.16. The molecule has 1 amide bonds. The fourth-order valence-corrected chi connectivity index (χ4v) is 2.13. The van der Waals surface area contributed by atoms with Gasteiger partial charge in [0.2, 0.25) is 11.9 Å². The van der Waals surface area contributed by atoms with Gasteiger partial charge in [-0.1, -0.05) is 0 Å². The number of nitrogen functional groups attached to an aromatic ring is 1. The number of carbonyl (C=O) groups excluding carboxylic acids is 1. The molecule has 0 radical (unpaired) electrons. The van der Waals surface area contributed by atoms with E-state index >= 15 is 0 Å². The molecule has 2 heterocycles. The highest BCUT2D eigenvalue weighted by Crippen LogP contribution is 2.18. The van der Waals surface area contributed by atoms with Crippen molar-refractivity contribution in [2.75, 3.05) is 44.4 Å². The predicted molar refractivity (Wildman–Crippen MR) is 71.5 cm³/mol. The number of amides is 1. The first-order valence-corrected chi connectivity index (χ1v) is 6.28. The van der Waals surface area contributed by atoms with Gasteiger partial charge in [0.25, 0.3) is 0 Å². The average Bonchev–Trinajstić information content (AvgIpc) is 2.75. The van der Waals surface area contributed by atoms with Crippen molar-refractivity contribution in [2.24, 2.45) is 5.92 Å². The SMILES string of the molecule is COCCN1C[C@H](CNc2ccnc(N)n2)CC1=O. The summed E-state index contributed by atoms with van der Waals surface area (Å²) >= 11 is 0. The molecule has 0 spiro atoms. The Bertz CT molecular complexity index is 440. The van der Waals surface area contributed by atoms with Gasteiger partial charge >= 0.3 is 0 Å². The first kappa shape index (κ1) is 13.5. The second-order valence-corrected chi connectivity index (χ2v) is 4.58. The molecule has 1 fully saturated rings. The van der Waals surface area contributed by atoms with Gasteiger partial charge in [0.1, 0.15) is 5.82 Å². The van der Waals surface area contributed by atoms with Gasteiger partial charge in [0.05, 0.1) is 6.61 Å². The van der Waals surface area contributed by atoms with Gasteiger partial charge in [-0.2, -0.15) is 4.98 Å². The highest BCUT2D eigenvalue weighted by Gasteiger charge is 2.28. The Kier molecular flexibility index (Phi) is 4.51. The quantitative estimate of drug-likeness (QED) is 0.750. The summed E-state index contributed by atoms with van der Waals surface area (Å²) in [5.74, 6) is 1.41. The number of carbonyl (C=O) groups is 1. The van der Waals surface area contributed by atoms with Crippen LogP contribution < -0.4 is 11.1 Å². The molecule has 1 aromatic rings. The van der Waals surface area contributed by atoms with Crippen molar-refractivity contribution in [1.29, 1.82) is 0 Å². The molecule has 1 atom stereocenters. The van der Waals surface area contributed by atoms with Crippen molar-refractivity contribution in [3.05, 3.63) is 12.3 Å². The lowest BCUT2D eigenvalue weighted by Crippen LogP contribution is -2.29. The van der Waals surface area contributed by atoms with Crippen molar-refractivity contribution in [1.82, 2.24) is 14.9 Å². The summed E-state index contributed by atoms with van der Waals surface area (Å²) in [6, 6.07) is 1.76. The number of likely N-dealkylation sites (tertiary alicyclic amines) is 1. The van der Waals surface area contributed by atoms with Gasteiger partial charge in [-0.15, -0.1) is 0 Å². The fourth-order valence-electron chi connectivity index (χ4n) is 2.13. The molecule has 7 nitrogen and oxygen atoms in total. The molecule has 7 heteroatoms. The van der Waals surface area contributed by atoms with E-state index < -0.39 is 0 Å². The van der Waals surface area contributed by atoms with Crippen LogP contribution in [0.15, 0.2) is 12.3 Å². The van der Waals surface area contributed by atoms with Crippen LogP contribution >= 0.6 is 0 Å². The number of nitrogens with zero attached hydrogens (tertiary/aromatic N) is 3. The van der Waals surface area contributed by atoms with Gasteiger partial charge in [-0.3, -0.25) is 4.79 Å². The highest BCUT2D eigenvalue weighted by molar-refractivity contribution is 5.78. The van der Waals surface area contributed by atoms with Gasteiger partial charge < -0.3 is 20.7 Å². The summed E-state index contributed by atoms with van der Waals surface area (Å²) in [4.78, 5) is 21.5. The van der Waals surface area contributed by atoms with Gasteiger partial charge in [0, 0.05) is 45.3 Å². The molecule has 0 unspecified atom stereocenters. The van der Waals surface area contributed by atoms with Crippen LogP contribution in [0.4, 0.5) is 11.8 Å². The van der Waals surface area contributed by atoms with E-state index in [0.717, 1.165) is 6.54 Å². The van der Waals surface area contributed by atoms with Crippen molar-refractivity contribution in [3.63, 3.8) is 0 Å². The number of nitrogens with two attached hydrogens (primary N) is 1. The number of anilines is 2. The molecule has 0 bridgehead atoms. The van der Waals surface area contributed by atoms with Crippen LogP contribution in [-0.4, -0.2) is 54.1 Å². The summed E-state index contributed by atoms with van der Waals surface area (Å²) in [5.41, 5.74) is 5.50. The third kappa shape index (κ3) is 3.78. The zero-order valence-electron chi connectivity index (χ0n) is 11.0. The van der Waals surface area contributed by atoms with Crippen LogP contribution in [0.2, 0.25) is 0 Å². The number of aromatic nitrogens is 2. The summed E-state index contributed by atoms with van der Waals surface area (Å²) < 4.78 is 4.99. The molecule has 0 aromatic carbocycles. The van der Waals surface area contributed by atoms with Crippen LogP contribution in [0.3, 0.4) is 0 Å². The second-order valence-electron chi connectivity index (χ2n) is 4.58. The number of rotatable bonds is 6. The molecule has 2 rings (SSSR count). The Balaban J connectivity index is 1.80. The summed E-state index contributed by atoms with van der Waals surface area (Å²) in [6.07, 6.45) is 2.17. The van der Waals surface area contributed by atoms with E-state index in [2.05, 4.69) is 15.3 Å². The summed E-state index contributed by atoms with van der Waals surface area (Å²) in [7, 11) is 1.64. The standard InChI is InChI=1S/C12H19N5O2/c1-19-5-4-17-8-9(6-11(17)18)7-15-10-2-3-14-12(13)16-10/h2-3,9H,4-8H2,1H3,(H3,13,14,15,16)/t9-/m0/s1. The van der Waals surface area contributed by atoms with E-state index in [1.54, 1.807) is 19.4 Å². The van der Waals surface area contributed by atoms with Crippen molar-refractivity contribution < 1.29 is 9.53 Å². The molecule has 19 heavy (non-hydrogen) atoms. The zero-order valence-corrected chi connectivity index (χ0v) is 11.0. The fraction of sp³-hybridized carbons (Fsp3) is 0.583. The maximum absolute atomic E-state index is 11.8. The molecule has 3 N–H and O–H groups in total. The molecular weight excluding hydrogens is 246 g/mol. The third-order valence-corrected chi connectivity index (χ3v) is 3.11. The maximum atomic E-state index is 11.8. The molecule has 1 aromatic heterocycles. The van der Waals surface area contributed by atoms with E-state index in [9.17, 15) is 4.79 Å². The van der Waals surface area contributed by atoms with Crippen molar-refractivity contribution >= 4 is 17.7 Å². The van der Waals surface area contributed by atoms with Gasteiger partial charge in [-0.05, 0) is 6.07 Å². The Morgan fingerprint density at radius 3 is 3.21 bits per heavy atom. The smallest absolute Gasteiger partial charge is 0.223 e. The zero-order chi connectivity index (χ0) is 13.7. The topological polar surface area (TPSA) is 93.4 Å². The van der Waals surface area contributed by atoms with Crippen LogP contribution in [0, 0.1) is 5.92 Å². The monoisotopic (exact) mass is 265 g/mol. The number of nitrogens with one attached hydrogen (secondary N) is 1. The van der Waals surface area contributed by atoms with E-state index in [1.807, 2.05) is 4.90 Å². The third-order valence-electron chi connectivity index (χ3n) is 3.11. The summed E-state index contributed by atoms with van der Waals surface area (Å²) in [6.45, 7) is 2.70. The minimum absolute atomic E-state index is 0.186. The van der Waals surface area contributed by atoms with E-state index in [-0.39, 0.29) is 11.9 Å². The molecule has 1 aliphatic rings. The molecule has 104 valence electrons. The highest BCUT2D eigenvalue weighted by atomic mass is 16.5. The van der Waals surface area contributed by atoms with Crippen LogP contribution in [0.25, 0.3) is 0 Å². The first-order valence-electron chi connectivity index (χ1n) is 6.28. The number of hydrogen-bond acceptors (Lipinski definition) is 6. The lowest BCUT2D eigenvalue weighted by molar-refractivity contribution is -0.128. The Hall–Kier alpha value is -1.89. The number of methoxy groups -OCH3 is 1. The Morgan fingerprint density at radius 2 is 2.47 bits per heavy atom. The lowest BCUT2D eigenvalue weighted by atomic mass is 10.1.